The standard InChI is InChI=1S/C19H20N4O2S/c1-3-25-16-7-5-4-6-13(16)15-11-26-19(20-15)21-18(24)14-10-23(2)22-17(14)12-8-9-12/h4-7,10-12H,3,8-9H2,1-2H3,(H,20,21,24). The van der Waals surface area contributed by atoms with Gasteiger partial charge in [-0.25, -0.2) is 4.98 Å². The third-order valence-corrected chi connectivity index (χ3v) is 5.01. The van der Waals surface area contributed by atoms with Crippen molar-refractivity contribution in [1.82, 2.24) is 14.8 Å². The van der Waals surface area contributed by atoms with Crippen molar-refractivity contribution in [3.05, 3.63) is 47.1 Å². The van der Waals surface area contributed by atoms with Gasteiger partial charge in [0.05, 0.1) is 23.6 Å². The number of amides is 1. The Kier molecular flexibility index (Phi) is 4.46. The molecule has 0 radical (unpaired) electrons. The van der Waals surface area contributed by atoms with Gasteiger partial charge in [-0.1, -0.05) is 12.1 Å². The molecule has 1 N–H and O–H groups in total. The lowest BCUT2D eigenvalue weighted by Crippen LogP contribution is -2.12. The first-order chi connectivity index (χ1) is 12.7. The average molecular weight is 368 g/mol. The summed E-state index contributed by atoms with van der Waals surface area (Å²) in [5, 5.41) is 9.85. The summed E-state index contributed by atoms with van der Waals surface area (Å²) < 4.78 is 7.37. The molecule has 1 fully saturated rings. The summed E-state index contributed by atoms with van der Waals surface area (Å²) in [6.07, 6.45) is 3.99. The molecule has 4 rings (SSSR count). The quantitative estimate of drug-likeness (QED) is 0.712. The molecule has 1 saturated carbocycles. The molecule has 7 heteroatoms. The zero-order chi connectivity index (χ0) is 18.1. The van der Waals surface area contributed by atoms with Crippen molar-refractivity contribution in [3.8, 4) is 17.0 Å². The van der Waals surface area contributed by atoms with Crippen LogP contribution in [0, 0.1) is 0 Å². The third-order valence-electron chi connectivity index (χ3n) is 4.25. The van der Waals surface area contributed by atoms with Gasteiger partial charge in [-0.3, -0.25) is 14.8 Å². The summed E-state index contributed by atoms with van der Waals surface area (Å²) in [6, 6.07) is 7.78. The Labute approximate surface area is 155 Å². The van der Waals surface area contributed by atoms with Crippen LogP contribution in [-0.4, -0.2) is 27.3 Å². The zero-order valence-corrected chi connectivity index (χ0v) is 15.5. The summed E-state index contributed by atoms with van der Waals surface area (Å²) in [6.45, 7) is 2.55. The minimum atomic E-state index is -0.154. The molecule has 6 nitrogen and oxygen atoms in total. The molecule has 134 valence electrons. The molecule has 1 aliphatic carbocycles. The lowest BCUT2D eigenvalue weighted by atomic mass is 10.1. The first-order valence-electron chi connectivity index (χ1n) is 8.68. The average Bonchev–Trinajstić information content (AvgIpc) is 3.25. The summed E-state index contributed by atoms with van der Waals surface area (Å²) in [4.78, 5) is 17.2. The summed E-state index contributed by atoms with van der Waals surface area (Å²) in [7, 11) is 1.84. The first-order valence-corrected chi connectivity index (χ1v) is 9.56. The van der Waals surface area contributed by atoms with E-state index in [9.17, 15) is 4.79 Å². The topological polar surface area (TPSA) is 69.0 Å². The number of rotatable bonds is 6. The molecule has 2 heterocycles. The maximum Gasteiger partial charge on any atom is 0.260 e. The molecule has 0 saturated heterocycles. The van der Waals surface area contributed by atoms with Gasteiger partial charge in [0, 0.05) is 30.1 Å². The number of hydrogen-bond acceptors (Lipinski definition) is 5. The molecule has 1 aliphatic rings. The number of nitrogens with one attached hydrogen (secondary N) is 1. The number of hydrogen-bond donors (Lipinski definition) is 1. The van der Waals surface area contributed by atoms with E-state index in [1.54, 1.807) is 10.9 Å². The Morgan fingerprint density at radius 2 is 2.19 bits per heavy atom. The smallest absolute Gasteiger partial charge is 0.260 e. The SMILES string of the molecule is CCOc1ccccc1-c1csc(NC(=O)c2cn(C)nc2C2CC2)n1. The number of thiazole rings is 1. The minimum absolute atomic E-state index is 0.154. The van der Waals surface area contributed by atoms with E-state index in [1.807, 2.05) is 43.6 Å². The van der Waals surface area contributed by atoms with E-state index >= 15 is 0 Å². The summed E-state index contributed by atoms with van der Waals surface area (Å²) in [5.41, 5.74) is 3.25. The van der Waals surface area contributed by atoms with Gasteiger partial charge in [-0.15, -0.1) is 11.3 Å². The molecule has 0 bridgehead atoms. The number of ether oxygens (including phenoxy) is 1. The molecule has 0 spiro atoms. The monoisotopic (exact) mass is 368 g/mol. The predicted molar refractivity (Wildman–Crippen MR) is 102 cm³/mol. The van der Waals surface area contributed by atoms with E-state index in [0.717, 1.165) is 35.5 Å². The van der Waals surface area contributed by atoms with Crippen molar-refractivity contribution >= 4 is 22.4 Å². The van der Waals surface area contributed by atoms with Crippen LogP contribution in [0.1, 0.15) is 41.7 Å². The van der Waals surface area contributed by atoms with Crippen LogP contribution in [-0.2, 0) is 7.05 Å². The fraction of sp³-hybridized carbons (Fsp3) is 0.316. The Morgan fingerprint density at radius 1 is 1.38 bits per heavy atom. The Bertz CT molecular complexity index is 943. The van der Waals surface area contributed by atoms with Gasteiger partial charge in [-0.05, 0) is 31.9 Å². The van der Waals surface area contributed by atoms with E-state index in [4.69, 9.17) is 4.74 Å². The fourth-order valence-corrected chi connectivity index (χ4v) is 3.62. The van der Waals surface area contributed by atoms with E-state index in [-0.39, 0.29) is 5.91 Å². The van der Waals surface area contributed by atoms with E-state index in [2.05, 4.69) is 15.4 Å². The lowest BCUT2D eigenvalue weighted by molar-refractivity contribution is 0.102. The maximum atomic E-state index is 12.7. The first kappa shape index (κ1) is 16.8. The van der Waals surface area contributed by atoms with Crippen LogP contribution in [0.3, 0.4) is 0 Å². The van der Waals surface area contributed by atoms with Crippen LogP contribution >= 0.6 is 11.3 Å². The Morgan fingerprint density at radius 3 is 2.96 bits per heavy atom. The van der Waals surface area contributed by atoms with E-state index < -0.39 is 0 Å². The van der Waals surface area contributed by atoms with Crippen LogP contribution in [0.5, 0.6) is 5.75 Å². The number of nitrogens with zero attached hydrogens (tertiary/aromatic N) is 3. The highest BCUT2D eigenvalue weighted by Gasteiger charge is 2.31. The van der Waals surface area contributed by atoms with Gasteiger partial charge in [0.2, 0.25) is 0 Å². The van der Waals surface area contributed by atoms with Crippen LogP contribution in [0.2, 0.25) is 0 Å². The Balaban J connectivity index is 1.55. The van der Waals surface area contributed by atoms with Crippen molar-refractivity contribution in [1.29, 1.82) is 0 Å². The van der Waals surface area contributed by atoms with Gasteiger partial charge in [0.1, 0.15) is 5.75 Å². The van der Waals surface area contributed by atoms with Crippen molar-refractivity contribution in [3.63, 3.8) is 0 Å². The Hall–Kier alpha value is -2.67. The molecule has 26 heavy (non-hydrogen) atoms. The molecule has 1 amide bonds. The molecular formula is C19H20N4O2S. The van der Waals surface area contributed by atoms with E-state index in [1.165, 1.54) is 11.3 Å². The summed E-state index contributed by atoms with van der Waals surface area (Å²) >= 11 is 1.41. The third kappa shape index (κ3) is 3.35. The highest BCUT2D eigenvalue weighted by Crippen LogP contribution is 2.41. The van der Waals surface area contributed by atoms with E-state index in [0.29, 0.717) is 23.2 Å². The van der Waals surface area contributed by atoms with Crippen LogP contribution in [0.15, 0.2) is 35.8 Å². The van der Waals surface area contributed by atoms with Crippen molar-refractivity contribution < 1.29 is 9.53 Å². The zero-order valence-electron chi connectivity index (χ0n) is 14.7. The van der Waals surface area contributed by atoms with Crippen LogP contribution < -0.4 is 10.1 Å². The maximum absolute atomic E-state index is 12.7. The number of benzene rings is 1. The second-order valence-corrected chi connectivity index (χ2v) is 7.16. The number of carbonyl (C=O) groups is 1. The number of para-hydroxylation sites is 1. The molecule has 0 unspecified atom stereocenters. The van der Waals surface area contributed by atoms with Crippen molar-refractivity contribution in [2.45, 2.75) is 25.7 Å². The van der Waals surface area contributed by atoms with Gasteiger partial charge in [0.25, 0.3) is 5.91 Å². The normalized spacial score (nSPS) is 13.6. The van der Waals surface area contributed by atoms with Crippen LogP contribution in [0.4, 0.5) is 5.13 Å². The number of anilines is 1. The minimum Gasteiger partial charge on any atom is -0.493 e. The number of carbonyl (C=O) groups excluding carboxylic acids is 1. The second-order valence-electron chi connectivity index (χ2n) is 6.30. The summed E-state index contributed by atoms with van der Waals surface area (Å²) in [5.74, 6) is 1.06. The molecule has 2 aromatic heterocycles. The van der Waals surface area contributed by atoms with Gasteiger partial charge >= 0.3 is 0 Å². The highest BCUT2D eigenvalue weighted by atomic mass is 32.1. The lowest BCUT2D eigenvalue weighted by Gasteiger charge is -2.07. The molecule has 3 aromatic rings. The van der Waals surface area contributed by atoms with Crippen LogP contribution in [0.25, 0.3) is 11.3 Å². The predicted octanol–water partition coefficient (Wildman–Crippen LogP) is 4.07. The van der Waals surface area contributed by atoms with Crippen molar-refractivity contribution in [2.24, 2.45) is 7.05 Å². The fourth-order valence-electron chi connectivity index (χ4n) is 2.92. The van der Waals surface area contributed by atoms with Gasteiger partial charge in [0.15, 0.2) is 5.13 Å². The largest absolute Gasteiger partial charge is 0.493 e. The highest BCUT2D eigenvalue weighted by molar-refractivity contribution is 7.14. The van der Waals surface area contributed by atoms with Gasteiger partial charge in [-0.2, -0.15) is 5.10 Å². The number of aryl methyl sites for hydroxylation is 1. The second kappa shape index (κ2) is 6.92. The molecule has 0 atom stereocenters. The molecule has 1 aromatic carbocycles. The molecular weight excluding hydrogens is 348 g/mol. The molecule has 0 aliphatic heterocycles. The van der Waals surface area contributed by atoms with Crippen molar-refractivity contribution in [2.75, 3.05) is 11.9 Å². The number of aromatic nitrogens is 3. The van der Waals surface area contributed by atoms with Gasteiger partial charge < -0.3 is 4.74 Å².